The smallest absolute Gasteiger partial charge is 0.240 e. The van der Waals surface area contributed by atoms with Crippen LogP contribution in [0.1, 0.15) is 40.2 Å². The van der Waals surface area contributed by atoms with Crippen molar-refractivity contribution in [3.63, 3.8) is 0 Å². The molecule has 0 aliphatic carbocycles. The Labute approximate surface area is 223 Å². The van der Waals surface area contributed by atoms with E-state index in [2.05, 4.69) is 38.8 Å². The van der Waals surface area contributed by atoms with Gasteiger partial charge in [-0.1, -0.05) is 34.6 Å². The predicted molar refractivity (Wildman–Crippen MR) is 151 cm³/mol. The van der Waals surface area contributed by atoms with Gasteiger partial charge in [0.1, 0.15) is 0 Å². The molecule has 9 heteroatoms. The summed E-state index contributed by atoms with van der Waals surface area (Å²) >= 11 is 0. The van der Waals surface area contributed by atoms with E-state index in [-0.39, 0.29) is 16.9 Å². The van der Waals surface area contributed by atoms with Gasteiger partial charge in [-0.3, -0.25) is 9.78 Å². The van der Waals surface area contributed by atoms with Crippen LogP contribution >= 0.6 is 0 Å². The Hall–Kier alpha value is -2.62. The van der Waals surface area contributed by atoms with Crippen LogP contribution in [0, 0.1) is 5.92 Å². The van der Waals surface area contributed by atoms with E-state index in [1.54, 1.807) is 32.4 Å². The zero-order valence-corrected chi connectivity index (χ0v) is 25.2. The number of pyridine rings is 1. The fourth-order valence-corrected chi connectivity index (χ4v) is 4.61. The van der Waals surface area contributed by atoms with Crippen LogP contribution in [0.25, 0.3) is 11.3 Å². The summed E-state index contributed by atoms with van der Waals surface area (Å²) in [7, 11) is 2.79. The molecule has 2 rings (SSSR count). The van der Waals surface area contributed by atoms with E-state index in [0.717, 1.165) is 16.8 Å². The number of rotatable bonds is 12. The van der Waals surface area contributed by atoms with Crippen molar-refractivity contribution in [1.82, 2.24) is 9.88 Å². The molecule has 0 saturated heterocycles. The van der Waals surface area contributed by atoms with Gasteiger partial charge < -0.3 is 29.3 Å². The molecule has 2 aromatic rings. The lowest BCUT2D eigenvalue weighted by Crippen LogP contribution is -2.48. The van der Waals surface area contributed by atoms with Gasteiger partial charge in [0.05, 0.1) is 39.7 Å². The average Bonchev–Trinajstić information content (AvgIpc) is 2.85. The number of hydrogen-bond acceptors (Lipinski definition) is 7. The minimum Gasteiger partial charge on any atom is -0.493 e. The van der Waals surface area contributed by atoms with E-state index >= 15 is 0 Å². The van der Waals surface area contributed by atoms with E-state index in [1.165, 1.54) is 0 Å². The second kappa shape index (κ2) is 12.8. The van der Waals surface area contributed by atoms with Gasteiger partial charge in [0.15, 0.2) is 19.8 Å². The minimum absolute atomic E-state index is 0.0311. The molecule has 2 N–H and O–H groups in total. The number of nitrogens with two attached hydrogens (primary N) is 1. The average molecular weight is 532 g/mol. The van der Waals surface area contributed by atoms with Gasteiger partial charge in [-0.05, 0) is 53.9 Å². The number of nitrogens with zero attached hydrogens (tertiary/aromatic N) is 2. The number of ether oxygens (including phenoxy) is 3. The highest BCUT2D eigenvalue weighted by Crippen LogP contribution is 2.41. The summed E-state index contributed by atoms with van der Waals surface area (Å²) in [5.74, 6) is 1.56. The first-order valence-electron chi connectivity index (χ1n) is 12.7. The van der Waals surface area contributed by atoms with Crippen molar-refractivity contribution in [3.05, 3.63) is 36.0 Å². The summed E-state index contributed by atoms with van der Waals surface area (Å²) < 4.78 is 22.8. The Bertz CT molecular complexity index is 1030. The molecule has 206 valence electrons. The first kappa shape index (κ1) is 30.6. The predicted octanol–water partition coefficient (Wildman–Crippen LogP) is 5.11. The van der Waals surface area contributed by atoms with E-state index in [1.807, 2.05) is 38.1 Å². The van der Waals surface area contributed by atoms with Crippen LogP contribution in [-0.4, -0.2) is 64.6 Å². The standard InChI is InChI=1S/C28H45N3O5Si/c1-19(2)25(29)27(32)31(13-14-36-37(9,10)28(3,4)5)18-20-11-12-30-22(15-20)21-16-23(33-6)26(35-8)24(17-21)34-7/h11-12,15-17,19,25H,13-14,18,29H2,1-10H3/t25-/m1/s1. The lowest BCUT2D eigenvalue weighted by Gasteiger charge is -2.37. The van der Waals surface area contributed by atoms with E-state index in [0.29, 0.717) is 36.9 Å². The molecule has 0 unspecified atom stereocenters. The minimum atomic E-state index is -1.94. The fourth-order valence-electron chi connectivity index (χ4n) is 3.57. The first-order chi connectivity index (χ1) is 17.2. The monoisotopic (exact) mass is 531 g/mol. The molecule has 0 radical (unpaired) electrons. The number of benzene rings is 1. The van der Waals surface area contributed by atoms with Gasteiger partial charge in [-0.25, -0.2) is 0 Å². The highest BCUT2D eigenvalue weighted by Gasteiger charge is 2.37. The second-order valence-electron chi connectivity index (χ2n) is 11.1. The molecule has 1 atom stereocenters. The van der Waals surface area contributed by atoms with Gasteiger partial charge in [0.25, 0.3) is 0 Å². The molecule has 37 heavy (non-hydrogen) atoms. The highest BCUT2D eigenvalue weighted by molar-refractivity contribution is 6.74. The maximum absolute atomic E-state index is 13.3. The Morgan fingerprint density at radius 2 is 1.65 bits per heavy atom. The second-order valence-corrected chi connectivity index (χ2v) is 15.9. The third kappa shape index (κ3) is 7.69. The molecule has 1 heterocycles. The Kier molecular flexibility index (Phi) is 10.5. The van der Waals surface area contributed by atoms with E-state index < -0.39 is 14.4 Å². The van der Waals surface area contributed by atoms with Gasteiger partial charge in [-0.2, -0.15) is 0 Å². The summed E-state index contributed by atoms with van der Waals surface area (Å²) in [5, 5.41) is 0.0939. The van der Waals surface area contributed by atoms with Crippen LogP contribution in [0.4, 0.5) is 0 Å². The molecule has 0 spiro atoms. The molecule has 0 aliphatic heterocycles. The van der Waals surface area contributed by atoms with Gasteiger partial charge in [0.2, 0.25) is 11.7 Å². The van der Waals surface area contributed by atoms with Crippen molar-refractivity contribution in [2.75, 3.05) is 34.5 Å². The molecule has 1 aromatic carbocycles. The molecule has 0 saturated carbocycles. The van der Waals surface area contributed by atoms with E-state index in [4.69, 9.17) is 24.4 Å². The third-order valence-electron chi connectivity index (χ3n) is 7.10. The van der Waals surface area contributed by atoms with Gasteiger partial charge in [-0.15, -0.1) is 0 Å². The first-order valence-corrected chi connectivity index (χ1v) is 15.6. The molecule has 0 fully saturated rings. The lowest BCUT2D eigenvalue weighted by atomic mass is 10.0. The quantitative estimate of drug-likeness (QED) is 0.380. The van der Waals surface area contributed by atoms with Crippen LogP contribution in [0.5, 0.6) is 17.2 Å². The number of carbonyl (C=O) groups excluding carboxylic acids is 1. The fraction of sp³-hybridized carbons (Fsp3) is 0.571. The molecular weight excluding hydrogens is 486 g/mol. The number of amides is 1. The Morgan fingerprint density at radius 1 is 1.05 bits per heavy atom. The van der Waals surface area contributed by atoms with Crippen molar-refractivity contribution in [1.29, 1.82) is 0 Å². The molecular formula is C28H45N3O5Si. The molecule has 0 bridgehead atoms. The number of hydrogen-bond donors (Lipinski definition) is 1. The van der Waals surface area contributed by atoms with Crippen molar-refractivity contribution < 1.29 is 23.4 Å². The van der Waals surface area contributed by atoms with Gasteiger partial charge in [0, 0.05) is 24.8 Å². The number of carbonyl (C=O) groups is 1. The topological polar surface area (TPSA) is 96.1 Å². The summed E-state index contributed by atoms with van der Waals surface area (Å²) in [6.07, 6.45) is 1.74. The van der Waals surface area contributed by atoms with Crippen LogP contribution in [0.2, 0.25) is 18.1 Å². The van der Waals surface area contributed by atoms with Crippen molar-refractivity contribution >= 4 is 14.2 Å². The summed E-state index contributed by atoms with van der Waals surface area (Å²) in [5.41, 5.74) is 8.76. The SMILES string of the molecule is COc1cc(-c2cc(CN(CCO[Si](C)(C)C(C)(C)C)C(=O)[C@H](N)C(C)C)ccn2)cc(OC)c1OC. The maximum Gasteiger partial charge on any atom is 0.240 e. The van der Waals surface area contributed by atoms with Crippen LogP contribution < -0.4 is 19.9 Å². The largest absolute Gasteiger partial charge is 0.493 e. The molecule has 1 aromatic heterocycles. The highest BCUT2D eigenvalue weighted by atomic mass is 28.4. The van der Waals surface area contributed by atoms with Crippen molar-refractivity contribution in [2.24, 2.45) is 11.7 Å². The Morgan fingerprint density at radius 3 is 2.14 bits per heavy atom. The summed E-state index contributed by atoms with van der Waals surface area (Å²) in [6.45, 7) is 16.3. The maximum atomic E-state index is 13.3. The molecule has 1 amide bonds. The van der Waals surface area contributed by atoms with Crippen LogP contribution in [-0.2, 0) is 15.8 Å². The summed E-state index contributed by atoms with van der Waals surface area (Å²) in [4.78, 5) is 19.7. The summed E-state index contributed by atoms with van der Waals surface area (Å²) in [6, 6.07) is 7.02. The zero-order chi connectivity index (χ0) is 28.0. The van der Waals surface area contributed by atoms with Crippen molar-refractivity contribution in [2.45, 2.75) is 65.3 Å². The van der Waals surface area contributed by atoms with Crippen molar-refractivity contribution in [3.8, 4) is 28.5 Å². The zero-order valence-electron chi connectivity index (χ0n) is 24.2. The number of aromatic nitrogens is 1. The van der Waals surface area contributed by atoms with E-state index in [9.17, 15) is 4.79 Å². The lowest BCUT2D eigenvalue weighted by molar-refractivity contribution is -0.134. The number of methoxy groups -OCH3 is 3. The molecule has 8 nitrogen and oxygen atoms in total. The van der Waals surface area contributed by atoms with Crippen LogP contribution in [0.3, 0.4) is 0 Å². The van der Waals surface area contributed by atoms with Crippen LogP contribution in [0.15, 0.2) is 30.5 Å². The Balaban J connectivity index is 2.34. The third-order valence-corrected chi connectivity index (χ3v) is 11.6. The normalized spacial score (nSPS) is 12.9. The molecule has 0 aliphatic rings. The van der Waals surface area contributed by atoms with Gasteiger partial charge >= 0.3 is 0 Å².